The number of hydrogen-bond donors (Lipinski definition) is 2. The summed E-state index contributed by atoms with van der Waals surface area (Å²) >= 11 is 1.27. The predicted molar refractivity (Wildman–Crippen MR) is 67.7 cm³/mol. The van der Waals surface area contributed by atoms with Crippen LogP contribution in [0, 0.1) is 0 Å². The van der Waals surface area contributed by atoms with E-state index in [4.69, 9.17) is 14.3 Å². The molecule has 19 heavy (non-hydrogen) atoms. The first kappa shape index (κ1) is 13.2. The summed E-state index contributed by atoms with van der Waals surface area (Å²) in [5, 5.41) is 13.1. The molecule has 0 radical (unpaired) electrons. The monoisotopic (exact) mass is 281 g/mol. The number of carboxylic acids is 1. The number of furan rings is 1. The Morgan fingerprint density at radius 1 is 1.47 bits per heavy atom. The van der Waals surface area contributed by atoms with Gasteiger partial charge in [0, 0.05) is 11.4 Å². The van der Waals surface area contributed by atoms with Gasteiger partial charge in [-0.1, -0.05) is 0 Å². The largest absolute Gasteiger partial charge is 0.496 e. The first-order valence-corrected chi connectivity index (χ1v) is 6.21. The second-order valence-electron chi connectivity index (χ2n) is 3.60. The van der Waals surface area contributed by atoms with Crippen LogP contribution in [-0.4, -0.2) is 24.1 Å². The molecule has 2 aromatic rings. The predicted octanol–water partition coefficient (Wildman–Crippen LogP) is 1.98. The van der Waals surface area contributed by atoms with Crippen LogP contribution in [0.3, 0.4) is 0 Å². The van der Waals surface area contributed by atoms with Gasteiger partial charge in [0.15, 0.2) is 0 Å². The minimum absolute atomic E-state index is 0.131. The van der Waals surface area contributed by atoms with E-state index in [0.29, 0.717) is 16.4 Å². The highest BCUT2D eigenvalue weighted by atomic mass is 32.1. The average Bonchev–Trinajstić information content (AvgIpc) is 3.04. The molecular weight excluding hydrogens is 270 g/mol. The van der Waals surface area contributed by atoms with Gasteiger partial charge in [0.05, 0.1) is 18.5 Å². The molecule has 1 amide bonds. The Morgan fingerprint density at radius 2 is 2.26 bits per heavy atom. The Hall–Kier alpha value is -2.28. The van der Waals surface area contributed by atoms with Crippen molar-refractivity contribution in [1.29, 1.82) is 0 Å². The van der Waals surface area contributed by atoms with Crippen LogP contribution in [-0.2, 0) is 6.54 Å². The molecule has 0 saturated heterocycles. The van der Waals surface area contributed by atoms with E-state index in [1.807, 2.05) is 0 Å². The lowest BCUT2D eigenvalue weighted by Crippen LogP contribution is -2.21. The van der Waals surface area contributed by atoms with Crippen LogP contribution >= 0.6 is 11.3 Å². The van der Waals surface area contributed by atoms with Crippen LogP contribution in [0.4, 0.5) is 0 Å². The first-order valence-electron chi connectivity index (χ1n) is 5.33. The van der Waals surface area contributed by atoms with Gasteiger partial charge >= 0.3 is 5.97 Å². The Balaban J connectivity index is 1.94. The molecule has 7 heteroatoms. The minimum atomic E-state index is -1.14. The van der Waals surface area contributed by atoms with Gasteiger partial charge in [-0.3, -0.25) is 4.79 Å². The maximum atomic E-state index is 11.8. The minimum Gasteiger partial charge on any atom is -0.496 e. The van der Waals surface area contributed by atoms with Gasteiger partial charge in [-0.05, 0) is 12.1 Å². The topological polar surface area (TPSA) is 88.8 Å². The van der Waals surface area contributed by atoms with Crippen LogP contribution in [0.2, 0.25) is 0 Å². The molecular formula is C12H11NO5S. The summed E-state index contributed by atoms with van der Waals surface area (Å²) in [5.41, 5.74) is 0. The number of amides is 1. The highest BCUT2D eigenvalue weighted by molar-refractivity contribution is 7.12. The third kappa shape index (κ3) is 3.14. The van der Waals surface area contributed by atoms with Gasteiger partial charge in [-0.25, -0.2) is 4.79 Å². The molecule has 2 N–H and O–H groups in total. The van der Waals surface area contributed by atoms with Gasteiger partial charge < -0.3 is 19.6 Å². The molecule has 0 saturated carbocycles. The van der Waals surface area contributed by atoms with Crippen molar-refractivity contribution in [2.45, 2.75) is 6.54 Å². The maximum absolute atomic E-state index is 11.8. The lowest BCUT2D eigenvalue weighted by atomic mass is 10.4. The zero-order chi connectivity index (χ0) is 13.8. The normalized spacial score (nSPS) is 10.2. The smallest absolute Gasteiger partial charge is 0.371 e. The molecule has 2 rings (SSSR count). The SMILES string of the molecule is COc1csc(C(=O)NCc2ccc(C(=O)O)o2)c1. The summed E-state index contributed by atoms with van der Waals surface area (Å²) in [4.78, 5) is 22.9. The highest BCUT2D eigenvalue weighted by Crippen LogP contribution is 2.21. The van der Waals surface area contributed by atoms with Crippen molar-refractivity contribution in [3.63, 3.8) is 0 Å². The lowest BCUT2D eigenvalue weighted by molar-refractivity contribution is 0.0660. The van der Waals surface area contributed by atoms with E-state index in [-0.39, 0.29) is 18.2 Å². The molecule has 0 bridgehead atoms. The average molecular weight is 281 g/mol. The Kier molecular flexibility index (Phi) is 3.86. The molecule has 0 fully saturated rings. The van der Waals surface area contributed by atoms with Gasteiger partial charge in [0.2, 0.25) is 5.76 Å². The standard InChI is InChI=1S/C12H11NO5S/c1-17-8-4-10(19-6-8)11(14)13-5-7-2-3-9(18-7)12(15)16/h2-4,6H,5H2,1H3,(H,13,14)(H,15,16). The maximum Gasteiger partial charge on any atom is 0.371 e. The third-order valence-corrected chi connectivity index (χ3v) is 3.24. The number of ether oxygens (including phenoxy) is 1. The number of aromatic carboxylic acids is 1. The molecule has 0 unspecified atom stereocenters. The second kappa shape index (κ2) is 5.57. The molecule has 0 atom stereocenters. The van der Waals surface area contributed by atoms with E-state index in [1.54, 1.807) is 11.4 Å². The van der Waals surface area contributed by atoms with Crippen LogP contribution in [0.25, 0.3) is 0 Å². The zero-order valence-corrected chi connectivity index (χ0v) is 10.8. The summed E-state index contributed by atoms with van der Waals surface area (Å²) in [6.07, 6.45) is 0. The van der Waals surface area contributed by atoms with Crippen molar-refractivity contribution in [3.8, 4) is 5.75 Å². The molecule has 2 heterocycles. The van der Waals surface area contributed by atoms with Crippen molar-refractivity contribution in [2.24, 2.45) is 0 Å². The number of hydrogen-bond acceptors (Lipinski definition) is 5. The van der Waals surface area contributed by atoms with Gasteiger partial charge in [-0.15, -0.1) is 11.3 Å². The molecule has 2 aromatic heterocycles. The van der Waals surface area contributed by atoms with Gasteiger partial charge in [-0.2, -0.15) is 0 Å². The van der Waals surface area contributed by atoms with Crippen LogP contribution in [0.5, 0.6) is 5.75 Å². The number of rotatable bonds is 5. The van der Waals surface area contributed by atoms with Gasteiger partial charge in [0.25, 0.3) is 5.91 Å². The highest BCUT2D eigenvalue weighted by Gasteiger charge is 2.12. The number of carbonyl (C=O) groups excluding carboxylic acids is 1. The number of thiophene rings is 1. The molecule has 100 valence electrons. The number of methoxy groups -OCH3 is 1. The summed E-state index contributed by atoms with van der Waals surface area (Å²) in [7, 11) is 1.53. The van der Waals surface area contributed by atoms with Crippen molar-refractivity contribution >= 4 is 23.2 Å². The second-order valence-corrected chi connectivity index (χ2v) is 4.52. The van der Waals surface area contributed by atoms with Crippen LogP contribution in [0.15, 0.2) is 28.0 Å². The molecule has 0 aliphatic carbocycles. The summed E-state index contributed by atoms with van der Waals surface area (Å²) in [5.74, 6) is -0.542. The summed E-state index contributed by atoms with van der Waals surface area (Å²) < 4.78 is 10.0. The van der Waals surface area contributed by atoms with E-state index in [9.17, 15) is 9.59 Å². The van der Waals surface area contributed by atoms with E-state index in [2.05, 4.69) is 5.32 Å². The molecule has 0 aliphatic rings. The van der Waals surface area contributed by atoms with Crippen LogP contribution in [0.1, 0.15) is 26.0 Å². The molecule has 0 aromatic carbocycles. The van der Waals surface area contributed by atoms with E-state index in [0.717, 1.165) is 0 Å². The number of carbonyl (C=O) groups is 2. The number of carboxylic acid groups (broad SMARTS) is 1. The van der Waals surface area contributed by atoms with E-state index >= 15 is 0 Å². The molecule has 0 aliphatic heterocycles. The van der Waals surface area contributed by atoms with Crippen LogP contribution < -0.4 is 10.1 Å². The fourth-order valence-electron chi connectivity index (χ4n) is 1.39. The molecule has 0 spiro atoms. The van der Waals surface area contributed by atoms with Crippen molar-refractivity contribution in [3.05, 3.63) is 40.0 Å². The Labute approximate surface area is 112 Å². The fourth-order valence-corrected chi connectivity index (χ4v) is 2.16. The van der Waals surface area contributed by atoms with E-state index < -0.39 is 5.97 Å². The Morgan fingerprint density at radius 3 is 2.84 bits per heavy atom. The number of nitrogens with one attached hydrogen (secondary N) is 1. The fraction of sp³-hybridized carbons (Fsp3) is 0.167. The molecule has 6 nitrogen and oxygen atoms in total. The quantitative estimate of drug-likeness (QED) is 0.874. The van der Waals surface area contributed by atoms with Gasteiger partial charge in [0.1, 0.15) is 11.5 Å². The van der Waals surface area contributed by atoms with Crippen molar-refractivity contribution < 1.29 is 23.8 Å². The lowest BCUT2D eigenvalue weighted by Gasteiger charge is -2.00. The summed E-state index contributed by atoms with van der Waals surface area (Å²) in [6.45, 7) is 0.131. The Bertz CT molecular complexity index is 601. The third-order valence-electron chi connectivity index (χ3n) is 2.33. The van der Waals surface area contributed by atoms with E-state index in [1.165, 1.54) is 30.6 Å². The first-order chi connectivity index (χ1) is 9.10. The zero-order valence-electron chi connectivity index (χ0n) is 10.0. The summed E-state index contributed by atoms with van der Waals surface area (Å²) in [6, 6.07) is 4.49. The van der Waals surface area contributed by atoms with Crippen molar-refractivity contribution in [1.82, 2.24) is 5.32 Å². The van der Waals surface area contributed by atoms with Crippen molar-refractivity contribution in [2.75, 3.05) is 7.11 Å².